The van der Waals surface area contributed by atoms with Crippen LogP contribution in [0.15, 0.2) is 112 Å². The molecule has 1 amide bonds. The predicted molar refractivity (Wildman–Crippen MR) is 201 cm³/mol. The number of esters is 1. The minimum atomic E-state index is -1.29. The van der Waals surface area contributed by atoms with Gasteiger partial charge >= 0.3 is 17.7 Å². The lowest BCUT2D eigenvalue weighted by Gasteiger charge is -2.58. The van der Waals surface area contributed by atoms with Crippen molar-refractivity contribution in [3.63, 3.8) is 0 Å². The second-order valence-electron chi connectivity index (χ2n) is 14.4. The van der Waals surface area contributed by atoms with Crippen molar-refractivity contribution in [1.29, 1.82) is 0 Å². The minimum Gasteiger partial charge on any atom is -0.490 e. The quantitative estimate of drug-likeness (QED) is 0.0381. The van der Waals surface area contributed by atoms with E-state index in [1.54, 1.807) is 36.4 Å². The molecule has 5 aromatic carbocycles. The number of alkyl carbamates (subject to hydrolysis) is 1. The van der Waals surface area contributed by atoms with E-state index in [1.165, 1.54) is 6.07 Å². The summed E-state index contributed by atoms with van der Waals surface area (Å²) in [5.41, 5.74) is 1.07. The van der Waals surface area contributed by atoms with Crippen LogP contribution in [0.1, 0.15) is 42.0 Å². The lowest BCUT2D eigenvalue weighted by atomic mass is 9.59. The average molecular weight is 740 g/mol. The SMILES string of the molecule is CC1(C)[C@@H]2c3cc(OCCOc4ccc(C[C@@H]5NC(=O)OC5=O)cc4)ccc3NC1(c1cccc3ccc([N+](=O)[O-])cc13)Oc1c2c(=O)oc2ccccc12. The van der Waals surface area contributed by atoms with Crippen molar-refractivity contribution >= 4 is 45.2 Å². The molecular formula is C42H33N3O10. The first-order valence-electron chi connectivity index (χ1n) is 17.7. The largest absolute Gasteiger partial charge is 0.490 e. The lowest BCUT2D eigenvalue weighted by Crippen LogP contribution is -2.61. The molecule has 0 aliphatic carbocycles. The maximum Gasteiger partial charge on any atom is 0.415 e. The Morgan fingerprint density at radius 1 is 0.836 bits per heavy atom. The first kappa shape index (κ1) is 33.9. The molecule has 13 nitrogen and oxygen atoms in total. The topological polar surface area (TPSA) is 168 Å². The fourth-order valence-corrected chi connectivity index (χ4v) is 8.20. The number of cyclic esters (lactones) is 2. The molecule has 3 atom stereocenters. The third kappa shape index (κ3) is 5.49. The number of non-ortho nitro benzene ring substituents is 1. The highest BCUT2D eigenvalue weighted by Crippen LogP contribution is 2.64. The van der Waals surface area contributed by atoms with Gasteiger partial charge in [0.1, 0.15) is 42.1 Å². The first-order valence-corrected chi connectivity index (χ1v) is 17.7. The molecule has 3 aliphatic rings. The molecule has 0 spiro atoms. The van der Waals surface area contributed by atoms with Gasteiger partial charge in [-0.3, -0.25) is 10.1 Å². The number of rotatable bonds is 9. The number of nitro groups is 1. The van der Waals surface area contributed by atoms with Crippen molar-refractivity contribution in [3.8, 4) is 17.2 Å². The second-order valence-corrected chi connectivity index (χ2v) is 14.4. The Bertz CT molecular complexity index is 2640. The minimum absolute atomic E-state index is 0.0455. The van der Waals surface area contributed by atoms with Gasteiger partial charge in [0.2, 0.25) is 5.72 Å². The summed E-state index contributed by atoms with van der Waals surface area (Å²) >= 11 is 0. The monoisotopic (exact) mass is 739 g/mol. The van der Waals surface area contributed by atoms with Gasteiger partial charge < -0.3 is 34.0 Å². The molecule has 0 saturated carbocycles. The van der Waals surface area contributed by atoms with Crippen LogP contribution in [0.2, 0.25) is 0 Å². The van der Waals surface area contributed by atoms with Crippen LogP contribution in [0.4, 0.5) is 16.2 Å². The summed E-state index contributed by atoms with van der Waals surface area (Å²) in [6.45, 7) is 4.48. The van der Waals surface area contributed by atoms with Crippen molar-refractivity contribution in [2.24, 2.45) is 5.41 Å². The lowest BCUT2D eigenvalue weighted by molar-refractivity contribution is -0.384. The van der Waals surface area contributed by atoms with E-state index in [1.807, 2.05) is 74.5 Å². The number of fused-ring (bicyclic) bond motifs is 9. The molecule has 1 unspecified atom stereocenters. The number of hydrogen-bond acceptors (Lipinski definition) is 11. The standard InChI is InChI=1S/C42H33N3O10/c1-41(2)36-30-22-27(52-19-18-51-26-14-10-23(11-15-26)20-33-38(46)54-40(48)43-33)16-17-32(30)44-42(41,31-8-5-6-24-12-13-25(45(49)50)21-29(24)31)55-37-28-7-3-4-9-34(28)53-39(47)35(36)37/h3-17,21-22,33,36,44H,18-20H2,1-2H3,(H,43,48)/t33-,36+,42?/m0/s1. The Morgan fingerprint density at radius 2 is 1.60 bits per heavy atom. The summed E-state index contributed by atoms with van der Waals surface area (Å²) in [5, 5.41) is 20.2. The van der Waals surface area contributed by atoms with Crippen LogP contribution in [0.5, 0.6) is 17.2 Å². The van der Waals surface area contributed by atoms with Crippen molar-refractivity contribution in [2.45, 2.75) is 38.0 Å². The van der Waals surface area contributed by atoms with Crippen LogP contribution in [-0.2, 0) is 21.7 Å². The molecule has 1 aromatic heterocycles. The highest BCUT2D eigenvalue weighted by Gasteiger charge is 2.62. The van der Waals surface area contributed by atoms with Crippen LogP contribution in [0.25, 0.3) is 21.7 Å². The molecule has 13 heteroatoms. The zero-order valence-electron chi connectivity index (χ0n) is 29.6. The number of carbonyl (C=O) groups is 2. The van der Waals surface area contributed by atoms with E-state index in [4.69, 9.17) is 18.6 Å². The number of benzene rings is 5. The molecule has 55 heavy (non-hydrogen) atoms. The van der Waals surface area contributed by atoms with Gasteiger partial charge in [-0.1, -0.05) is 56.3 Å². The van der Waals surface area contributed by atoms with Crippen LogP contribution in [-0.4, -0.2) is 36.2 Å². The third-order valence-electron chi connectivity index (χ3n) is 10.8. The number of para-hydroxylation sites is 1. The highest BCUT2D eigenvalue weighted by atomic mass is 16.6. The normalized spacial score (nSPS) is 20.4. The van der Waals surface area contributed by atoms with Gasteiger partial charge in [-0.15, -0.1) is 0 Å². The van der Waals surface area contributed by atoms with E-state index in [0.29, 0.717) is 56.8 Å². The molecule has 1 saturated heterocycles. The zero-order valence-corrected chi connectivity index (χ0v) is 29.6. The smallest absolute Gasteiger partial charge is 0.415 e. The molecule has 4 heterocycles. The van der Waals surface area contributed by atoms with E-state index in [9.17, 15) is 24.5 Å². The van der Waals surface area contributed by atoms with Crippen LogP contribution in [0.3, 0.4) is 0 Å². The number of ether oxygens (including phenoxy) is 4. The van der Waals surface area contributed by atoms with Gasteiger partial charge in [-0.2, -0.15) is 0 Å². The summed E-state index contributed by atoms with van der Waals surface area (Å²) in [5.74, 6) is 0.400. The van der Waals surface area contributed by atoms with E-state index in [0.717, 1.165) is 16.5 Å². The molecule has 6 aromatic rings. The molecule has 0 radical (unpaired) electrons. The van der Waals surface area contributed by atoms with Crippen LogP contribution in [0, 0.1) is 15.5 Å². The highest BCUT2D eigenvalue weighted by molar-refractivity contribution is 5.95. The van der Waals surface area contributed by atoms with Crippen molar-refractivity contribution in [2.75, 3.05) is 18.5 Å². The zero-order chi connectivity index (χ0) is 38.1. The van der Waals surface area contributed by atoms with Crippen molar-refractivity contribution < 1.29 is 37.9 Å². The van der Waals surface area contributed by atoms with Crippen molar-refractivity contribution in [1.82, 2.24) is 5.32 Å². The van der Waals surface area contributed by atoms with E-state index in [2.05, 4.69) is 15.4 Å². The van der Waals surface area contributed by atoms with Gasteiger partial charge in [0.05, 0.1) is 15.9 Å². The summed E-state index contributed by atoms with van der Waals surface area (Å²) in [6.07, 6.45) is -0.436. The predicted octanol–water partition coefficient (Wildman–Crippen LogP) is 7.32. The van der Waals surface area contributed by atoms with Gasteiger partial charge in [-0.05, 0) is 70.4 Å². The van der Waals surface area contributed by atoms with E-state index >= 15 is 0 Å². The molecule has 9 rings (SSSR count). The third-order valence-corrected chi connectivity index (χ3v) is 10.8. The number of nitrogens with zero attached hydrogens (tertiary/aromatic N) is 1. The molecular weight excluding hydrogens is 706 g/mol. The Hall–Kier alpha value is -6.89. The maximum absolute atomic E-state index is 14.0. The van der Waals surface area contributed by atoms with E-state index in [-0.39, 0.29) is 18.9 Å². The Balaban J connectivity index is 1.05. The van der Waals surface area contributed by atoms with E-state index < -0.39 is 45.7 Å². The Labute approximate surface area is 312 Å². The van der Waals surface area contributed by atoms with Crippen molar-refractivity contribution in [3.05, 3.63) is 146 Å². The van der Waals surface area contributed by atoms with Gasteiger partial charge in [0.15, 0.2) is 0 Å². The number of amides is 1. The number of carbonyl (C=O) groups excluding carboxylic acids is 2. The Kier molecular flexibility index (Phi) is 7.78. The van der Waals surface area contributed by atoms with Crippen LogP contribution < -0.4 is 30.5 Å². The molecule has 276 valence electrons. The number of anilines is 1. The molecule has 2 N–H and O–H groups in total. The fourth-order valence-electron chi connectivity index (χ4n) is 8.20. The number of hydrogen-bond donors (Lipinski definition) is 2. The summed E-state index contributed by atoms with van der Waals surface area (Å²) < 4.78 is 29.7. The van der Waals surface area contributed by atoms with Gasteiger partial charge in [-0.25, -0.2) is 14.4 Å². The maximum atomic E-state index is 14.0. The average Bonchev–Trinajstić information content (AvgIpc) is 3.48. The summed E-state index contributed by atoms with van der Waals surface area (Å²) in [6, 6.07) is 29.8. The van der Waals surface area contributed by atoms with Gasteiger partial charge in [0.25, 0.3) is 5.69 Å². The van der Waals surface area contributed by atoms with Crippen LogP contribution >= 0.6 is 0 Å². The summed E-state index contributed by atoms with van der Waals surface area (Å²) in [4.78, 5) is 48.6. The molecule has 2 bridgehead atoms. The first-order chi connectivity index (χ1) is 26.5. The number of nitrogens with one attached hydrogen (secondary N) is 2. The molecule has 1 fully saturated rings. The summed E-state index contributed by atoms with van der Waals surface area (Å²) in [7, 11) is 0. The fraction of sp³-hybridized carbons (Fsp3) is 0.214. The number of nitro benzene ring substituents is 1. The van der Waals surface area contributed by atoms with Gasteiger partial charge in [0, 0.05) is 41.1 Å². The molecule has 3 aliphatic heterocycles. The second kappa shape index (κ2) is 12.6. The Morgan fingerprint density at radius 3 is 2.36 bits per heavy atom.